The molecule has 4 aromatic rings. The molecule has 3 heterocycles. The van der Waals surface area contributed by atoms with Crippen molar-refractivity contribution >= 4 is 22.5 Å². The maximum absolute atomic E-state index is 13.5. The van der Waals surface area contributed by atoms with Crippen LogP contribution in [-0.4, -0.2) is 14.4 Å². The summed E-state index contributed by atoms with van der Waals surface area (Å²) in [6, 6.07) is 13.1. The predicted molar refractivity (Wildman–Crippen MR) is 94.0 cm³/mol. The van der Waals surface area contributed by atoms with Crippen molar-refractivity contribution in [3.63, 3.8) is 0 Å². The number of aromatic nitrogens is 3. The number of nitrogens with zero attached hydrogens (tertiary/aromatic N) is 4. The molecule has 134 valence electrons. The van der Waals surface area contributed by atoms with Gasteiger partial charge in [-0.15, -0.1) is 0 Å². The Morgan fingerprint density at radius 1 is 1.15 bits per heavy atom. The number of pyridine rings is 2. The van der Waals surface area contributed by atoms with E-state index in [-0.39, 0.29) is 18.0 Å². The molecule has 0 atom stereocenters. The van der Waals surface area contributed by atoms with Crippen LogP contribution in [0.3, 0.4) is 0 Å². The van der Waals surface area contributed by atoms with E-state index in [2.05, 4.69) is 15.3 Å². The van der Waals surface area contributed by atoms with Crippen LogP contribution in [0.4, 0.5) is 19.0 Å². The summed E-state index contributed by atoms with van der Waals surface area (Å²) in [5.41, 5.74) is 0.409. The Balaban J connectivity index is 1.96. The van der Waals surface area contributed by atoms with Crippen molar-refractivity contribution in [3.05, 3.63) is 71.5 Å². The fourth-order valence-electron chi connectivity index (χ4n) is 2.99. The minimum Gasteiger partial charge on any atom is -0.367 e. The van der Waals surface area contributed by atoms with Crippen LogP contribution in [0.5, 0.6) is 0 Å². The van der Waals surface area contributed by atoms with E-state index >= 15 is 0 Å². The maximum Gasteiger partial charge on any atom is 0.417 e. The average Bonchev–Trinajstić information content (AvgIpc) is 3.05. The van der Waals surface area contributed by atoms with Crippen LogP contribution in [-0.2, 0) is 12.7 Å². The molecular formula is C19H12F3N5. The second-order valence-electron chi connectivity index (χ2n) is 5.90. The number of hydrogen-bond acceptors (Lipinski definition) is 4. The van der Waals surface area contributed by atoms with E-state index in [1.54, 1.807) is 53.2 Å². The SMILES string of the molecule is N#Cc1c(C(F)(F)F)cc(NCc2cccnc2)n2c1nc1ccccc12. The monoisotopic (exact) mass is 367 g/mol. The highest BCUT2D eigenvalue weighted by atomic mass is 19.4. The highest BCUT2D eigenvalue weighted by Crippen LogP contribution is 2.37. The summed E-state index contributed by atoms with van der Waals surface area (Å²) in [5.74, 6) is 0.203. The molecule has 3 aromatic heterocycles. The van der Waals surface area contributed by atoms with Gasteiger partial charge in [-0.2, -0.15) is 18.4 Å². The Morgan fingerprint density at radius 2 is 1.96 bits per heavy atom. The molecule has 0 spiro atoms. The molecule has 0 radical (unpaired) electrons. The topological polar surface area (TPSA) is 66.0 Å². The minimum absolute atomic E-state index is 0.0257. The number of rotatable bonds is 3. The van der Waals surface area contributed by atoms with Crippen molar-refractivity contribution in [2.75, 3.05) is 5.32 Å². The minimum atomic E-state index is -4.67. The molecule has 0 fully saturated rings. The Labute approximate surface area is 151 Å². The standard InChI is InChI=1S/C19H12F3N5/c20-19(21,22)14-8-17(25-11-12-4-3-7-24-10-12)27-16-6-2-1-5-15(16)26-18(27)13(14)9-23/h1-8,10,25H,11H2. The lowest BCUT2D eigenvalue weighted by Crippen LogP contribution is -2.13. The summed E-state index contributed by atoms with van der Waals surface area (Å²) in [6.45, 7) is 0.276. The quantitative estimate of drug-likeness (QED) is 0.583. The molecule has 4 rings (SSSR count). The van der Waals surface area contributed by atoms with Crippen LogP contribution in [0, 0.1) is 11.3 Å². The number of fused-ring (bicyclic) bond motifs is 3. The van der Waals surface area contributed by atoms with E-state index < -0.39 is 17.3 Å². The number of nitrogens with one attached hydrogen (secondary N) is 1. The van der Waals surface area contributed by atoms with Gasteiger partial charge >= 0.3 is 6.18 Å². The molecule has 0 amide bonds. The third-order valence-electron chi connectivity index (χ3n) is 4.19. The van der Waals surface area contributed by atoms with Gasteiger partial charge in [-0.05, 0) is 29.8 Å². The number of halogens is 3. The zero-order valence-corrected chi connectivity index (χ0v) is 13.8. The summed E-state index contributed by atoms with van der Waals surface area (Å²) >= 11 is 0. The summed E-state index contributed by atoms with van der Waals surface area (Å²) in [6.07, 6.45) is -1.42. The van der Waals surface area contributed by atoms with Crippen LogP contribution >= 0.6 is 0 Å². The number of benzene rings is 1. The number of anilines is 1. The molecule has 1 N–H and O–H groups in total. The number of nitriles is 1. The molecule has 27 heavy (non-hydrogen) atoms. The van der Waals surface area contributed by atoms with Crippen molar-refractivity contribution < 1.29 is 13.2 Å². The molecule has 0 saturated carbocycles. The van der Waals surface area contributed by atoms with Gasteiger partial charge in [-0.1, -0.05) is 18.2 Å². The normalized spacial score (nSPS) is 11.6. The predicted octanol–water partition coefficient (Wildman–Crippen LogP) is 4.39. The van der Waals surface area contributed by atoms with Gasteiger partial charge in [-0.3, -0.25) is 9.38 Å². The average molecular weight is 367 g/mol. The summed E-state index contributed by atoms with van der Waals surface area (Å²) in [5, 5.41) is 12.4. The van der Waals surface area contributed by atoms with E-state index in [0.717, 1.165) is 11.6 Å². The van der Waals surface area contributed by atoms with E-state index in [9.17, 15) is 18.4 Å². The number of imidazole rings is 1. The first-order chi connectivity index (χ1) is 13.0. The van der Waals surface area contributed by atoms with Crippen LogP contribution < -0.4 is 5.32 Å². The Bertz CT molecular complexity index is 1170. The third-order valence-corrected chi connectivity index (χ3v) is 4.19. The summed E-state index contributed by atoms with van der Waals surface area (Å²) in [7, 11) is 0. The van der Waals surface area contributed by atoms with Crippen molar-refractivity contribution in [1.29, 1.82) is 5.26 Å². The molecule has 0 aliphatic rings. The van der Waals surface area contributed by atoms with E-state index in [1.165, 1.54) is 0 Å². The van der Waals surface area contributed by atoms with Crippen LogP contribution in [0.25, 0.3) is 16.7 Å². The Morgan fingerprint density at radius 3 is 2.67 bits per heavy atom. The van der Waals surface area contributed by atoms with Crippen LogP contribution in [0.1, 0.15) is 16.7 Å². The van der Waals surface area contributed by atoms with Gasteiger partial charge in [0.2, 0.25) is 0 Å². The smallest absolute Gasteiger partial charge is 0.367 e. The fourth-order valence-corrected chi connectivity index (χ4v) is 2.99. The van der Waals surface area contributed by atoms with Crippen LogP contribution in [0.15, 0.2) is 54.9 Å². The number of hydrogen-bond donors (Lipinski definition) is 1. The molecule has 1 aromatic carbocycles. The van der Waals surface area contributed by atoms with E-state index in [0.29, 0.717) is 11.0 Å². The maximum atomic E-state index is 13.5. The van der Waals surface area contributed by atoms with E-state index in [1.807, 2.05) is 6.07 Å². The van der Waals surface area contributed by atoms with Gasteiger partial charge in [0.1, 0.15) is 17.5 Å². The summed E-state index contributed by atoms with van der Waals surface area (Å²) < 4.78 is 42.1. The van der Waals surface area contributed by atoms with Gasteiger partial charge < -0.3 is 5.32 Å². The van der Waals surface area contributed by atoms with Gasteiger partial charge in [-0.25, -0.2) is 4.98 Å². The first kappa shape index (κ1) is 16.8. The molecule has 0 bridgehead atoms. The highest BCUT2D eigenvalue weighted by Gasteiger charge is 2.36. The first-order valence-electron chi connectivity index (χ1n) is 8.03. The highest BCUT2D eigenvalue weighted by molar-refractivity contribution is 5.85. The van der Waals surface area contributed by atoms with E-state index in [4.69, 9.17) is 0 Å². The molecule has 0 unspecified atom stereocenters. The van der Waals surface area contributed by atoms with Gasteiger partial charge in [0, 0.05) is 18.9 Å². The largest absolute Gasteiger partial charge is 0.417 e. The number of para-hydroxylation sites is 2. The van der Waals surface area contributed by atoms with Gasteiger partial charge in [0.05, 0.1) is 16.6 Å². The lowest BCUT2D eigenvalue weighted by atomic mass is 10.1. The molecule has 0 aliphatic carbocycles. The lowest BCUT2D eigenvalue weighted by molar-refractivity contribution is -0.137. The summed E-state index contributed by atoms with van der Waals surface area (Å²) in [4.78, 5) is 8.27. The Hall–Kier alpha value is -3.60. The zero-order chi connectivity index (χ0) is 19.0. The second-order valence-corrected chi connectivity index (χ2v) is 5.90. The molecule has 8 heteroatoms. The first-order valence-corrected chi connectivity index (χ1v) is 8.03. The number of alkyl halides is 3. The van der Waals surface area contributed by atoms with Gasteiger partial charge in [0.25, 0.3) is 0 Å². The lowest BCUT2D eigenvalue weighted by Gasteiger charge is -2.15. The zero-order valence-electron chi connectivity index (χ0n) is 13.8. The Kier molecular flexibility index (Phi) is 3.92. The molecule has 0 aliphatic heterocycles. The second kappa shape index (κ2) is 6.29. The van der Waals surface area contributed by atoms with Crippen molar-refractivity contribution in [2.24, 2.45) is 0 Å². The van der Waals surface area contributed by atoms with Crippen molar-refractivity contribution in [1.82, 2.24) is 14.4 Å². The third kappa shape index (κ3) is 2.93. The van der Waals surface area contributed by atoms with Crippen LogP contribution in [0.2, 0.25) is 0 Å². The van der Waals surface area contributed by atoms with Gasteiger partial charge in [0.15, 0.2) is 5.65 Å². The fraction of sp³-hybridized carbons (Fsp3) is 0.105. The molecular weight excluding hydrogens is 355 g/mol. The molecule has 0 saturated heterocycles. The van der Waals surface area contributed by atoms with Crippen molar-refractivity contribution in [3.8, 4) is 6.07 Å². The molecule has 5 nitrogen and oxygen atoms in total. The van der Waals surface area contributed by atoms with Crippen molar-refractivity contribution in [2.45, 2.75) is 12.7 Å².